The van der Waals surface area contributed by atoms with Gasteiger partial charge in [0.1, 0.15) is 18.3 Å². The average Bonchev–Trinajstić information content (AvgIpc) is 2.90. The van der Waals surface area contributed by atoms with Crippen LogP contribution in [0.15, 0.2) is 77.3 Å². The van der Waals surface area contributed by atoms with Crippen molar-refractivity contribution in [2.75, 3.05) is 24.2 Å². The van der Waals surface area contributed by atoms with Gasteiger partial charge in [-0.05, 0) is 74.7 Å². The fourth-order valence-corrected chi connectivity index (χ4v) is 5.46. The van der Waals surface area contributed by atoms with Gasteiger partial charge in [0.25, 0.3) is 0 Å². The molecule has 2 amide bonds. The third-order valence-corrected chi connectivity index (χ3v) is 8.40. The molecule has 0 aliphatic rings. The molecule has 3 rings (SSSR count). The molecule has 0 aromatic heterocycles. The maximum absolute atomic E-state index is 14.2. The van der Waals surface area contributed by atoms with E-state index >= 15 is 0 Å². The highest BCUT2D eigenvalue weighted by atomic mass is 79.9. The highest BCUT2D eigenvalue weighted by Crippen LogP contribution is 2.26. The lowest BCUT2D eigenvalue weighted by Crippen LogP contribution is -2.56. The van der Waals surface area contributed by atoms with Crippen LogP contribution in [0, 0.1) is 6.92 Å². The van der Waals surface area contributed by atoms with E-state index in [9.17, 15) is 18.0 Å². The molecule has 0 saturated heterocycles. The first-order valence-corrected chi connectivity index (χ1v) is 15.8. The van der Waals surface area contributed by atoms with Crippen molar-refractivity contribution < 1.29 is 22.7 Å². The lowest BCUT2D eigenvalue weighted by molar-refractivity contribution is -0.140. The Morgan fingerprint density at radius 1 is 0.976 bits per heavy atom. The summed E-state index contributed by atoms with van der Waals surface area (Å²) in [7, 11) is -2.29. The Hall–Kier alpha value is -3.37. The smallest absolute Gasteiger partial charge is 0.244 e. The van der Waals surface area contributed by atoms with Crippen molar-refractivity contribution in [1.29, 1.82) is 0 Å². The molecule has 220 valence electrons. The summed E-state index contributed by atoms with van der Waals surface area (Å²) in [6.45, 7) is 7.07. The van der Waals surface area contributed by atoms with E-state index in [0.717, 1.165) is 31.7 Å². The van der Waals surface area contributed by atoms with Crippen molar-refractivity contribution in [2.45, 2.75) is 52.2 Å². The number of amides is 2. The normalized spacial score (nSPS) is 12.4. The molecule has 3 aromatic rings. The van der Waals surface area contributed by atoms with Gasteiger partial charge in [0.05, 0.1) is 19.1 Å². The summed E-state index contributed by atoms with van der Waals surface area (Å²) in [6.07, 6.45) is 1.31. The van der Waals surface area contributed by atoms with Crippen LogP contribution in [-0.2, 0) is 32.6 Å². The Labute approximate surface area is 251 Å². The summed E-state index contributed by atoms with van der Waals surface area (Å²) in [5.41, 5.74) is 2.24. The molecule has 1 atom stereocenters. The summed E-state index contributed by atoms with van der Waals surface area (Å²) in [4.78, 5) is 29.4. The molecule has 3 aromatic carbocycles. The van der Waals surface area contributed by atoms with Crippen LogP contribution < -0.4 is 14.4 Å². The minimum absolute atomic E-state index is 0.0715. The van der Waals surface area contributed by atoms with E-state index in [1.165, 1.54) is 4.90 Å². The van der Waals surface area contributed by atoms with Crippen molar-refractivity contribution in [1.82, 2.24) is 10.2 Å². The zero-order chi connectivity index (χ0) is 30.4. The summed E-state index contributed by atoms with van der Waals surface area (Å²) in [5.74, 6) is -0.233. The highest BCUT2D eigenvalue weighted by molar-refractivity contribution is 9.10. The molecule has 1 N–H and O–H groups in total. The number of hydrogen-bond acceptors (Lipinski definition) is 5. The zero-order valence-corrected chi connectivity index (χ0v) is 26.8. The lowest BCUT2D eigenvalue weighted by Gasteiger charge is -2.35. The number of aryl methyl sites for hydroxylation is 1. The third kappa shape index (κ3) is 9.33. The maximum Gasteiger partial charge on any atom is 0.244 e. The van der Waals surface area contributed by atoms with Gasteiger partial charge in [-0.1, -0.05) is 58.4 Å². The number of halogens is 1. The van der Waals surface area contributed by atoms with Gasteiger partial charge in [-0.3, -0.25) is 13.9 Å². The molecule has 41 heavy (non-hydrogen) atoms. The molecule has 8 nitrogen and oxygen atoms in total. The number of sulfonamides is 1. The van der Waals surface area contributed by atoms with Crippen LogP contribution in [0.5, 0.6) is 5.75 Å². The van der Waals surface area contributed by atoms with Gasteiger partial charge in [0, 0.05) is 23.0 Å². The molecular formula is C31H38BrN3O5S. The standard InChI is InChI=1S/C31H38BrN3O5S/c1-22-17-25(15-16-27(22)32)35(41(6,38)39)21-29(36)34(20-24-13-10-14-26(18-24)40-5)28(30(37)33-31(2,3)4)19-23-11-8-7-9-12-23/h7-18,28H,19-21H2,1-6H3,(H,33,37)/t28-/m0/s1. The number of nitrogens with zero attached hydrogens (tertiary/aromatic N) is 2. The van der Waals surface area contributed by atoms with Gasteiger partial charge >= 0.3 is 0 Å². The summed E-state index contributed by atoms with van der Waals surface area (Å²) in [5, 5.41) is 3.02. The van der Waals surface area contributed by atoms with Gasteiger partial charge < -0.3 is 15.0 Å². The minimum atomic E-state index is -3.84. The molecule has 0 radical (unpaired) electrons. The fraction of sp³-hybridized carbons (Fsp3) is 0.355. The van der Waals surface area contributed by atoms with Crippen LogP contribution in [0.1, 0.15) is 37.5 Å². The first-order chi connectivity index (χ1) is 19.2. The quantitative estimate of drug-likeness (QED) is 0.314. The first kappa shape index (κ1) is 32.1. The Morgan fingerprint density at radius 3 is 2.22 bits per heavy atom. The van der Waals surface area contributed by atoms with E-state index in [4.69, 9.17) is 4.74 Å². The van der Waals surface area contributed by atoms with Crippen molar-refractivity contribution in [3.8, 4) is 5.75 Å². The molecule has 0 aliphatic carbocycles. The number of ether oxygens (including phenoxy) is 1. The minimum Gasteiger partial charge on any atom is -0.497 e. The predicted molar refractivity (Wildman–Crippen MR) is 166 cm³/mol. The second-order valence-electron chi connectivity index (χ2n) is 11.0. The van der Waals surface area contributed by atoms with Crippen LogP contribution in [0.2, 0.25) is 0 Å². The third-order valence-electron chi connectivity index (χ3n) is 6.37. The van der Waals surface area contributed by atoms with Gasteiger partial charge in [0.15, 0.2) is 0 Å². The van der Waals surface area contributed by atoms with Crippen LogP contribution >= 0.6 is 15.9 Å². The van der Waals surface area contributed by atoms with Crippen LogP contribution in [0.4, 0.5) is 5.69 Å². The molecule has 0 bridgehead atoms. The number of carbonyl (C=O) groups excluding carboxylic acids is 2. The summed E-state index contributed by atoms with van der Waals surface area (Å²) < 4.78 is 33.2. The monoisotopic (exact) mass is 643 g/mol. The second kappa shape index (κ2) is 13.5. The molecule has 0 heterocycles. The number of rotatable bonds is 11. The number of carbonyl (C=O) groups is 2. The molecule has 0 spiro atoms. The Bertz CT molecular complexity index is 1470. The van der Waals surface area contributed by atoms with Gasteiger partial charge in [-0.15, -0.1) is 0 Å². The Balaban J connectivity index is 2.10. The molecular weight excluding hydrogens is 606 g/mol. The molecule has 0 unspecified atom stereocenters. The summed E-state index contributed by atoms with van der Waals surface area (Å²) in [6, 6.07) is 20.9. The van der Waals surface area contributed by atoms with Gasteiger partial charge in [-0.2, -0.15) is 0 Å². The SMILES string of the molecule is COc1cccc(CN(C(=O)CN(c2ccc(Br)c(C)c2)S(C)(=O)=O)[C@@H](Cc2ccccc2)C(=O)NC(C)(C)C)c1. The molecule has 0 fully saturated rings. The van der Waals surface area contributed by atoms with Gasteiger partial charge in [-0.25, -0.2) is 8.42 Å². The number of methoxy groups -OCH3 is 1. The zero-order valence-electron chi connectivity index (χ0n) is 24.3. The van der Waals surface area contributed by atoms with Crippen molar-refractivity contribution in [3.63, 3.8) is 0 Å². The number of hydrogen-bond donors (Lipinski definition) is 1. The second-order valence-corrected chi connectivity index (χ2v) is 13.8. The topological polar surface area (TPSA) is 96.0 Å². The van der Waals surface area contributed by atoms with E-state index in [1.807, 2.05) is 70.2 Å². The van der Waals surface area contributed by atoms with Crippen LogP contribution in [0.25, 0.3) is 0 Å². The predicted octanol–water partition coefficient (Wildman–Crippen LogP) is 5.09. The number of nitrogens with one attached hydrogen (secondary N) is 1. The van der Waals surface area contributed by atoms with E-state index in [1.54, 1.807) is 37.4 Å². The van der Waals surface area contributed by atoms with Crippen molar-refractivity contribution in [3.05, 3.63) is 94.0 Å². The number of anilines is 1. The van der Waals surface area contributed by atoms with E-state index in [2.05, 4.69) is 21.2 Å². The highest BCUT2D eigenvalue weighted by Gasteiger charge is 2.34. The van der Waals surface area contributed by atoms with E-state index in [0.29, 0.717) is 11.4 Å². The molecule has 10 heteroatoms. The molecule has 0 aliphatic heterocycles. The number of benzene rings is 3. The average molecular weight is 645 g/mol. The summed E-state index contributed by atoms with van der Waals surface area (Å²) >= 11 is 3.44. The maximum atomic E-state index is 14.2. The van der Waals surface area contributed by atoms with Crippen LogP contribution in [-0.4, -0.2) is 56.6 Å². The van der Waals surface area contributed by atoms with Crippen molar-refractivity contribution in [2.24, 2.45) is 0 Å². The Kier molecular flexibility index (Phi) is 10.6. The largest absolute Gasteiger partial charge is 0.497 e. The van der Waals surface area contributed by atoms with E-state index in [-0.39, 0.29) is 18.9 Å². The fourth-order valence-electron chi connectivity index (χ4n) is 4.37. The van der Waals surface area contributed by atoms with E-state index < -0.39 is 34.1 Å². The lowest BCUT2D eigenvalue weighted by atomic mass is 10.0. The first-order valence-electron chi connectivity index (χ1n) is 13.2. The van der Waals surface area contributed by atoms with Gasteiger partial charge in [0.2, 0.25) is 21.8 Å². The van der Waals surface area contributed by atoms with Crippen LogP contribution in [0.3, 0.4) is 0 Å². The van der Waals surface area contributed by atoms with Crippen molar-refractivity contribution >= 4 is 43.5 Å². The Morgan fingerprint density at radius 2 is 1.63 bits per heavy atom. The molecule has 0 saturated carbocycles.